The smallest absolute Gasteiger partial charge is 0.320 e. The maximum Gasteiger partial charge on any atom is 0.320 e. The Labute approximate surface area is 167 Å². The zero-order chi connectivity index (χ0) is 20.1. The molecule has 28 heavy (non-hydrogen) atoms. The normalized spacial score (nSPS) is 10.6. The zero-order valence-corrected chi connectivity index (χ0v) is 16.1. The number of para-hydroxylation sites is 1. The monoisotopic (exact) mass is 397 g/mol. The minimum atomic E-state index is -0.737. The van der Waals surface area contributed by atoms with E-state index in [9.17, 15) is 14.4 Å². The second-order valence-corrected chi connectivity index (χ2v) is 6.86. The van der Waals surface area contributed by atoms with Crippen LogP contribution >= 0.6 is 11.6 Å². The van der Waals surface area contributed by atoms with E-state index in [0.29, 0.717) is 23.7 Å². The highest BCUT2D eigenvalue weighted by molar-refractivity contribution is 6.30. The molecule has 0 aliphatic rings. The van der Waals surface area contributed by atoms with Crippen molar-refractivity contribution in [3.63, 3.8) is 0 Å². The second-order valence-electron chi connectivity index (χ2n) is 6.42. The van der Waals surface area contributed by atoms with Crippen LogP contribution in [0, 0.1) is 6.92 Å². The average Bonchev–Trinajstić information content (AvgIpc) is 2.68. The maximum absolute atomic E-state index is 12.4. The van der Waals surface area contributed by atoms with Crippen molar-refractivity contribution < 1.29 is 4.79 Å². The van der Waals surface area contributed by atoms with Gasteiger partial charge in [0.05, 0.1) is 5.69 Å². The van der Waals surface area contributed by atoms with Gasteiger partial charge >= 0.3 is 11.1 Å². The van der Waals surface area contributed by atoms with Gasteiger partial charge < -0.3 is 5.32 Å². The molecule has 0 fully saturated rings. The van der Waals surface area contributed by atoms with Crippen LogP contribution in [-0.4, -0.2) is 21.6 Å². The predicted octanol–water partition coefficient (Wildman–Crippen LogP) is 2.32. The van der Waals surface area contributed by atoms with E-state index in [0.717, 1.165) is 15.7 Å². The van der Waals surface area contributed by atoms with Gasteiger partial charge in [0, 0.05) is 24.0 Å². The topological polar surface area (TPSA) is 73.1 Å². The molecule has 3 aromatic rings. The molecular weight excluding hydrogens is 378 g/mol. The Bertz CT molecular complexity index is 1100. The number of benzene rings is 2. The van der Waals surface area contributed by atoms with E-state index < -0.39 is 11.1 Å². The number of aryl methyl sites for hydroxylation is 1. The third-order valence-electron chi connectivity index (χ3n) is 4.40. The van der Waals surface area contributed by atoms with E-state index in [2.05, 4.69) is 5.32 Å². The molecule has 0 aliphatic heterocycles. The highest BCUT2D eigenvalue weighted by Gasteiger charge is 2.10. The fourth-order valence-corrected chi connectivity index (χ4v) is 2.99. The lowest BCUT2D eigenvalue weighted by Crippen LogP contribution is -2.42. The highest BCUT2D eigenvalue weighted by atomic mass is 35.5. The summed E-state index contributed by atoms with van der Waals surface area (Å²) in [6.07, 6.45) is 3.61. The number of carbonyl (C=O) groups is 1. The van der Waals surface area contributed by atoms with Gasteiger partial charge in [-0.15, -0.1) is 0 Å². The molecule has 2 aromatic carbocycles. The number of hydrogen-bond acceptors (Lipinski definition) is 3. The van der Waals surface area contributed by atoms with Crippen molar-refractivity contribution in [1.82, 2.24) is 14.5 Å². The SMILES string of the molecule is Cc1ccccc1-n1ccn(CC(=O)NCCc2ccc(Cl)cc2)c(=O)c1=O. The van der Waals surface area contributed by atoms with Gasteiger partial charge in [-0.1, -0.05) is 41.9 Å². The van der Waals surface area contributed by atoms with Gasteiger partial charge in [-0.25, -0.2) is 0 Å². The van der Waals surface area contributed by atoms with Crippen molar-refractivity contribution in [1.29, 1.82) is 0 Å². The lowest BCUT2D eigenvalue weighted by molar-refractivity contribution is -0.121. The van der Waals surface area contributed by atoms with Gasteiger partial charge in [-0.3, -0.25) is 23.5 Å². The van der Waals surface area contributed by atoms with E-state index in [1.165, 1.54) is 17.0 Å². The van der Waals surface area contributed by atoms with Gasteiger partial charge in [-0.05, 0) is 42.7 Å². The number of rotatable bonds is 6. The van der Waals surface area contributed by atoms with Crippen molar-refractivity contribution in [2.24, 2.45) is 0 Å². The minimum absolute atomic E-state index is 0.205. The Morgan fingerprint density at radius 3 is 2.43 bits per heavy atom. The van der Waals surface area contributed by atoms with Crippen molar-refractivity contribution in [2.75, 3.05) is 6.54 Å². The third kappa shape index (κ3) is 4.58. The molecule has 0 atom stereocenters. The molecule has 3 rings (SSSR count). The van der Waals surface area contributed by atoms with Gasteiger partial charge in [0.1, 0.15) is 6.54 Å². The molecule has 0 saturated heterocycles. The average molecular weight is 398 g/mol. The Morgan fingerprint density at radius 2 is 1.71 bits per heavy atom. The lowest BCUT2D eigenvalue weighted by Gasteiger charge is -2.11. The second kappa shape index (κ2) is 8.71. The van der Waals surface area contributed by atoms with Crippen LogP contribution in [0.4, 0.5) is 0 Å². The highest BCUT2D eigenvalue weighted by Crippen LogP contribution is 2.10. The summed E-state index contributed by atoms with van der Waals surface area (Å²) in [5.41, 5.74) is 1.14. The summed E-state index contributed by atoms with van der Waals surface area (Å²) in [7, 11) is 0. The predicted molar refractivity (Wildman–Crippen MR) is 109 cm³/mol. The van der Waals surface area contributed by atoms with Crippen LogP contribution in [-0.2, 0) is 17.8 Å². The van der Waals surface area contributed by atoms with Crippen LogP contribution in [0.1, 0.15) is 11.1 Å². The van der Waals surface area contributed by atoms with Crippen molar-refractivity contribution in [3.8, 4) is 5.69 Å². The number of halogens is 1. The van der Waals surface area contributed by atoms with Gasteiger partial charge in [0.25, 0.3) is 0 Å². The van der Waals surface area contributed by atoms with Crippen LogP contribution in [0.5, 0.6) is 0 Å². The van der Waals surface area contributed by atoms with E-state index in [1.54, 1.807) is 24.3 Å². The first kappa shape index (κ1) is 19.6. The molecule has 0 aliphatic carbocycles. The number of hydrogen-bond donors (Lipinski definition) is 1. The summed E-state index contributed by atoms with van der Waals surface area (Å²) >= 11 is 5.84. The fraction of sp³-hybridized carbons (Fsp3) is 0.190. The molecular formula is C21H20ClN3O3. The molecule has 6 nitrogen and oxygen atoms in total. The Balaban J connectivity index is 1.66. The van der Waals surface area contributed by atoms with Gasteiger partial charge in [-0.2, -0.15) is 0 Å². The van der Waals surface area contributed by atoms with Crippen LogP contribution in [0.15, 0.2) is 70.5 Å². The van der Waals surface area contributed by atoms with Crippen LogP contribution in [0.2, 0.25) is 5.02 Å². The molecule has 0 spiro atoms. The van der Waals surface area contributed by atoms with E-state index in [-0.39, 0.29) is 12.5 Å². The van der Waals surface area contributed by atoms with Crippen molar-refractivity contribution >= 4 is 17.5 Å². The quantitative estimate of drug-likeness (QED) is 0.649. The van der Waals surface area contributed by atoms with Crippen LogP contribution in [0.25, 0.3) is 5.69 Å². The number of amides is 1. The molecule has 1 heterocycles. The van der Waals surface area contributed by atoms with Gasteiger partial charge in [0.15, 0.2) is 0 Å². The molecule has 1 N–H and O–H groups in total. The zero-order valence-electron chi connectivity index (χ0n) is 15.4. The molecule has 0 unspecified atom stereocenters. The van der Waals surface area contributed by atoms with E-state index in [4.69, 9.17) is 11.6 Å². The molecule has 0 radical (unpaired) electrons. The van der Waals surface area contributed by atoms with E-state index in [1.807, 2.05) is 31.2 Å². The number of carbonyl (C=O) groups excluding carboxylic acids is 1. The summed E-state index contributed by atoms with van der Waals surface area (Å²) in [4.78, 5) is 36.9. The summed E-state index contributed by atoms with van der Waals surface area (Å²) in [5.74, 6) is -0.330. The number of nitrogens with one attached hydrogen (secondary N) is 1. The molecule has 0 saturated carbocycles. The Hall–Kier alpha value is -3.12. The maximum atomic E-state index is 12.4. The van der Waals surface area contributed by atoms with Gasteiger partial charge in [0.2, 0.25) is 5.91 Å². The van der Waals surface area contributed by atoms with Crippen LogP contribution in [0.3, 0.4) is 0 Å². The molecule has 7 heteroatoms. The largest absolute Gasteiger partial charge is 0.354 e. The Kier molecular flexibility index (Phi) is 6.11. The summed E-state index contributed by atoms with van der Waals surface area (Å²) in [6.45, 7) is 2.08. The number of nitrogens with zero attached hydrogens (tertiary/aromatic N) is 2. The number of aromatic nitrogens is 2. The Morgan fingerprint density at radius 1 is 1.00 bits per heavy atom. The summed E-state index contributed by atoms with van der Waals surface area (Å²) in [6, 6.07) is 14.7. The lowest BCUT2D eigenvalue weighted by atomic mass is 10.1. The summed E-state index contributed by atoms with van der Waals surface area (Å²) in [5, 5.41) is 3.42. The van der Waals surface area contributed by atoms with E-state index >= 15 is 0 Å². The minimum Gasteiger partial charge on any atom is -0.354 e. The summed E-state index contributed by atoms with van der Waals surface area (Å²) < 4.78 is 2.42. The van der Waals surface area contributed by atoms with Crippen molar-refractivity contribution in [2.45, 2.75) is 19.9 Å². The molecule has 1 amide bonds. The molecule has 0 bridgehead atoms. The van der Waals surface area contributed by atoms with Crippen LogP contribution < -0.4 is 16.4 Å². The standard InChI is InChI=1S/C21H20ClN3O3/c1-15-4-2-3-5-18(15)25-13-12-24(20(27)21(25)28)14-19(26)23-11-10-16-6-8-17(22)9-7-16/h2-9,12-13H,10-11,14H2,1H3,(H,23,26). The first-order valence-electron chi connectivity index (χ1n) is 8.85. The molecule has 1 aromatic heterocycles. The third-order valence-corrected chi connectivity index (χ3v) is 4.65. The fourth-order valence-electron chi connectivity index (χ4n) is 2.86. The first-order chi connectivity index (χ1) is 13.5. The van der Waals surface area contributed by atoms with Crippen molar-refractivity contribution in [3.05, 3.63) is 97.8 Å². The first-order valence-corrected chi connectivity index (χ1v) is 9.23. The molecule has 144 valence electrons.